The number of aromatic nitrogens is 1. The molecule has 2 aromatic rings. The van der Waals surface area contributed by atoms with Gasteiger partial charge in [0.05, 0.1) is 16.5 Å². The minimum Gasteiger partial charge on any atom is -0.302 e. The molecular formula is C14H16BrN3O3S2. The molecule has 0 unspecified atom stereocenters. The molecule has 1 aromatic heterocycles. The van der Waals surface area contributed by atoms with Crippen LogP contribution in [0.15, 0.2) is 22.7 Å². The molecule has 1 amide bonds. The van der Waals surface area contributed by atoms with Gasteiger partial charge in [0.15, 0.2) is 5.13 Å². The molecule has 0 bridgehead atoms. The van der Waals surface area contributed by atoms with Crippen molar-refractivity contribution in [2.45, 2.75) is 12.8 Å². The first kappa shape index (κ1) is 16.8. The van der Waals surface area contributed by atoms with E-state index in [4.69, 9.17) is 0 Å². The number of thiazole rings is 1. The molecule has 1 fully saturated rings. The summed E-state index contributed by atoms with van der Waals surface area (Å²) >= 11 is 4.88. The van der Waals surface area contributed by atoms with Crippen molar-refractivity contribution in [3.63, 3.8) is 0 Å². The highest BCUT2D eigenvalue weighted by atomic mass is 79.9. The first-order valence-electron chi connectivity index (χ1n) is 7.15. The Morgan fingerprint density at radius 3 is 2.70 bits per heavy atom. The second kappa shape index (κ2) is 6.46. The predicted molar refractivity (Wildman–Crippen MR) is 95.1 cm³/mol. The molecule has 0 atom stereocenters. The number of rotatable bonds is 3. The van der Waals surface area contributed by atoms with E-state index >= 15 is 0 Å². The number of hydrogen-bond acceptors (Lipinski definition) is 5. The number of piperidine rings is 1. The lowest BCUT2D eigenvalue weighted by Crippen LogP contribution is -2.40. The second-order valence-electron chi connectivity index (χ2n) is 5.53. The fourth-order valence-corrected chi connectivity index (χ4v) is 4.98. The Morgan fingerprint density at radius 1 is 1.39 bits per heavy atom. The van der Waals surface area contributed by atoms with Crippen LogP contribution in [0, 0.1) is 5.92 Å². The van der Waals surface area contributed by atoms with E-state index < -0.39 is 10.0 Å². The van der Waals surface area contributed by atoms with Gasteiger partial charge in [0, 0.05) is 23.5 Å². The molecule has 0 radical (unpaired) electrons. The molecule has 0 aliphatic carbocycles. The zero-order valence-corrected chi connectivity index (χ0v) is 15.7. The number of nitrogens with one attached hydrogen (secondary N) is 1. The van der Waals surface area contributed by atoms with E-state index in [1.807, 2.05) is 18.2 Å². The lowest BCUT2D eigenvalue weighted by Gasteiger charge is -2.29. The molecule has 3 rings (SSSR count). The third-order valence-corrected chi connectivity index (χ3v) is 6.77. The fraction of sp³-hybridized carbons (Fsp3) is 0.429. The van der Waals surface area contributed by atoms with E-state index in [2.05, 4.69) is 26.2 Å². The van der Waals surface area contributed by atoms with Crippen molar-refractivity contribution in [2.75, 3.05) is 24.7 Å². The summed E-state index contributed by atoms with van der Waals surface area (Å²) in [5, 5.41) is 3.43. The van der Waals surface area contributed by atoms with Crippen LogP contribution in [0.4, 0.5) is 5.13 Å². The molecule has 1 saturated heterocycles. The number of carbonyl (C=O) groups excluding carboxylic acids is 1. The topological polar surface area (TPSA) is 79.4 Å². The minimum absolute atomic E-state index is 0.0895. The maximum absolute atomic E-state index is 12.4. The summed E-state index contributed by atoms with van der Waals surface area (Å²) < 4.78 is 26.3. The Labute approximate surface area is 147 Å². The van der Waals surface area contributed by atoms with Crippen molar-refractivity contribution in [3.05, 3.63) is 22.7 Å². The Bertz CT molecular complexity index is 842. The van der Waals surface area contributed by atoms with Gasteiger partial charge in [0.2, 0.25) is 15.9 Å². The molecule has 124 valence electrons. The summed E-state index contributed by atoms with van der Waals surface area (Å²) in [4.78, 5) is 16.8. The maximum Gasteiger partial charge on any atom is 0.229 e. The van der Waals surface area contributed by atoms with Crippen molar-refractivity contribution < 1.29 is 13.2 Å². The molecule has 6 nitrogen and oxygen atoms in total. The number of carbonyl (C=O) groups is 1. The minimum atomic E-state index is -3.17. The molecule has 1 aromatic carbocycles. The molecule has 23 heavy (non-hydrogen) atoms. The number of benzene rings is 1. The Balaban J connectivity index is 1.66. The average molecular weight is 418 g/mol. The first-order chi connectivity index (χ1) is 10.8. The third kappa shape index (κ3) is 3.73. The Kier molecular flexibility index (Phi) is 4.73. The highest BCUT2D eigenvalue weighted by Gasteiger charge is 2.29. The van der Waals surface area contributed by atoms with E-state index in [1.54, 1.807) is 0 Å². The smallest absolute Gasteiger partial charge is 0.229 e. The van der Waals surface area contributed by atoms with Crippen LogP contribution in [-0.2, 0) is 14.8 Å². The van der Waals surface area contributed by atoms with Gasteiger partial charge in [-0.1, -0.05) is 17.4 Å². The van der Waals surface area contributed by atoms with Gasteiger partial charge >= 0.3 is 0 Å². The van der Waals surface area contributed by atoms with Gasteiger partial charge < -0.3 is 5.32 Å². The fourth-order valence-electron chi connectivity index (χ4n) is 2.63. The summed E-state index contributed by atoms with van der Waals surface area (Å²) in [6.07, 6.45) is 2.27. The standard InChI is InChI=1S/C14H16BrN3O3S2/c1-23(20,21)18-7-5-9(6-8-18)13(19)17-14-16-12-10(15)3-2-4-11(12)22-14/h2-4,9H,5-8H2,1H3,(H,16,17,19). The van der Waals surface area contributed by atoms with Crippen LogP contribution >= 0.6 is 27.3 Å². The number of anilines is 1. The number of amides is 1. The lowest BCUT2D eigenvalue weighted by atomic mass is 9.97. The van der Waals surface area contributed by atoms with E-state index in [9.17, 15) is 13.2 Å². The van der Waals surface area contributed by atoms with Crippen LogP contribution in [0.3, 0.4) is 0 Å². The largest absolute Gasteiger partial charge is 0.302 e. The van der Waals surface area contributed by atoms with Crippen molar-refractivity contribution >= 4 is 58.5 Å². The van der Waals surface area contributed by atoms with Crippen LogP contribution in [0.5, 0.6) is 0 Å². The normalized spacial score (nSPS) is 17.5. The molecule has 0 saturated carbocycles. The number of sulfonamides is 1. The van der Waals surface area contributed by atoms with Crippen molar-refractivity contribution in [1.29, 1.82) is 0 Å². The second-order valence-corrected chi connectivity index (χ2v) is 9.40. The SMILES string of the molecule is CS(=O)(=O)N1CCC(C(=O)Nc2nc3c(Br)cccc3s2)CC1. The van der Waals surface area contributed by atoms with Crippen LogP contribution in [0.2, 0.25) is 0 Å². The van der Waals surface area contributed by atoms with E-state index in [0.29, 0.717) is 31.1 Å². The van der Waals surface area contributed by atoms with Gasteiger partial charge in [-0.15, -0.1) is 0 Å². The Hall–Kier alpha value is -1.03. The molecule has 1 N–H and O–H groups in total. The number of para-hydroxylation sites is 1. The van der Waals surface area contributed by atoms with Crippen molar-refractivity contribution in [2.24, 2.45) is 5.92 Å². The summed E-state index contributed by atoms with van der Waals surface area (Å²) in [6.45, 7) is 0.782. The number of fused-ring (bicyclic) bond motifs is 1. The van der Waals surface area contributed by atoms with E-state index in [0.717, 1.165) is 14.7 Å². The van der Waals surface area contributed by atoms with E-state index in [1.165, 1.54) is 21.9 Å². The summed E-state index contributed by atoms with van der Waals surface area (Å²) in [5.41, 5.74) is 0.833. The van der Waals surface area contributed by atoms with Gasteiger partial charge in [-0.25, -0.2) is 17.7 Å². The van der Waals surface area contributed by atoms with Gasteiger partial charge in [-0.3, -0.25) is 4.79 Å². The van der Waals surface area contributed by atoms with Gasteiger partial charge in [0.1, 0.15) is 0 Å². The van der Waals surface area contributed by atoms with Crippen LogP contribution in [0.25, 0.3) is 10.2 Å². The van der Waals surface area contributed by atoms with Gasteiger partial charge in [-0.05, 0) is 40.9 Å². The maximum atomic E-state index is 12.4. The monoisotopic (exact) mass is 417 g/mol. The number of hydrogen-bond donors (Lipinski definition) is 1. The van der Waals surface area contributed by atoms with Crippen LogP contribution in [-0.4, -0.2) is 43.0 Å². The zero-order chi connectivity index (χ0) is 16.6. The summed E-state index contributed by atoms with van der Waals surface area (Å²) in [7, 11) is -3.17. The van der Waals surface area contributed by atoms with Crippen LogP contribution in [0.1, 0.15) is 12.8 Å². The highest BCUT2D eigenvalue weighted by molar-refractivity contribution is 9.10. The van der Waals surface area contributed by atoms with Gasteiger partial charge in [0.25, 0.3) is 0 Å². The molecule has 9 heteroatoms. The third-order valence-electron chi connectivity index (χ3n) is 3.89. The number of halogens is 1. The lowest BCUT2D eigenvalue weighted by molar-refractivity contribution is -0.120. The Morgan fingerprint density at radius 2 is 2.09 bits per heavy atom. The quantitative estimate of drug-likeness (QED) is 0.832. The first-order valence-corrected chi connectivity index (χ1v) is 10.6. The summed E-state index contributed by atoms with van der Waals surface area (Å²) in [5.74, 6) is -0.267. The zero-order valence-electron chi connectivity index (χ0n) is 12.5. The molecule has 1 aliphatic rings. The molecule has 2 heterocycles. The van der Waals surface area contributed by atoms with E-state index in [-0.39, 0.29) is 11.8 Å². The molecule has 1 aliphatic heterocycles. The number of nitrogens with zero attached hydrogens (tertiary/aromatic N) is 2. The summed E-state index contributed by atoms with van der Waals surface area (Å²) in [6, 6.07) is 5.80. The van der Waals surface area contributed by atoms with Crippen molar-refractivity contribution in [3.8, 4) is 0 Å². The average Bonchev–Trinajstić information content (AvgIpc) is 2.90. The van der Waals surface area contributed by atoms with Gasteiger partial charge in [-0.2, -0.15) is 0 Å². The predicted octanol–water partition coefficient (Wildman–Crippen LogP) is 2.67. The molecule has 0 spiro atoms. The molecular weight excluding hydrogens is 402 g/mol. The van der Waals surface area contributed by atoms with Crippen LogP contribution < -0.4 is 5.32 Å². The van der Waals surface area contributed by atoms with Crippen molar-refractivity contribution in [1.82, 2.24) is 9.29 Å². The highest BCUT2D eigenvalue weighted by Crippen LogP contribution is 2.31.